The van der Waals surface area contributed by atoms with Crippen LogP contribution in [0.15, 0.2) is 30.3 Å². The molecule has 1 aliphatic heterocycles. The Morgan fingerprint density at radius 2 is 1.95 bits per heavy atom. The fourth-order valence-corrected chi connectivity index (χ4v) is 2.29. The van der Waals surface area contributed by atoms with Crippen LogP contribution in [0.2, 0.25) is 0 Å². The van der Waals surface area contributed by atoms with E-state index in [9.17, 15) is 9.59 Å². The van der Waals surface area contributed by atoms with Crippen molar-refractivity contribution < 1.29 is 9.59 Å². The lowest BCUT2D eigenvalue weighted by Crippen LogP contribution is -2.17. The van der Waals surface area contributed by atoms with E-state index in [0.717, 1.165) is 11.3 Å². The molecule has 0 atom stereocenters. The number of fused-ring (bicyclic) bond motifs is 1. The Bertz CT molecular complexity index is 682. The minimum atomic E-state index is -0.228. The molecule has 2 N–H and O–H groups in total. The van der Waals surface area contributed by atoms with E-state index in [-0.39, 0.29) is 24.2 Å². The van der Waals surface area contributed by atoms with Gasteiger partial charge in [0.2, 0.25) is 5.91 Å². The maximum Gasteiger partial charge on any atom is 0.256 e. The molecule has 21 heavy (non-hydrogen) atoms. The first-order valence-corrected chi connectivity index (χ1v) is 6.35. The average molecular weight is 307 g/mol. The molecular weight excluding hydrogens is 292 g/mol. The van der Waals surface area contributed by atoms with Crippen LogP contribution in [0.5, 0.6) is 0 Å². The third-order valence-corrected chi connectivity index (χ3v) is 3.25. The summed E-state index contributed by atoms with van der Waals surface area (Å²) in [6, 6.07) is 8.92. The molecule has 0 saturated heterocycles. The van der Waals surface area contributed by atoms with Gasteiger partial charge in [-0.1, -0.05) is 18.2 Å². The largest absolute Gasteiger partial charge is 0.307 e. The molecular formula is C14H15ClN4O2. The van der Waals surface area contributed by atoms with E-state index in [0.29, 0.717) is 24.5 Å². The van der Waals surface area contributed by atoms with Gasteiger partial charge in [-0.05, 0) is 12.1 Å². The standard InChI is InChI=1S/C14H14N4O2.ClH/c1-9(19)18-12-8-15-7-11(12)13(17-18)16-14(20)10-5-3-2-4-6-10;/h2-6,15H,7-8H2,1H3,(H,16,17,20);1H. The van der Waals surface area contributed by atoms with Gasteiger partial charge < -0.3 is 10.6 Å². The summed E-state index contributed by atoms with van der Waals surface area (Å²) < 4.78 is 1.34. The quantitative estimate of drug-likeness (QED) is 0.887. The summed E-state index contributed by atoms with van der Waals surface area (Å²) in [6.45, 7) is 2.64. The second kappa shape index (κ2) is 6.07. The van der Waals surface area contributed by atoms with Crippen LogP contribution in [-0.2, 0) is 13.1 Å². The van der Waals surface area contributed by atoms with E-state index in [4.69, 9.17) is 0 Å². The fraction of sp³-hybridized carbons (Fsp3) is 0.214. The van der Waals surface area contributed by atoms with Crippen molar-refractivity contribution in [1.82, 2.24) is 15.1 Å². The van der Waals surface area contributed by atoms with Crippen LogP contribution in [0.3, 0.4) is 0 Å². The first-order valence-electron chi connectivity index (χ1n) is 6.35. The molecule has 2 aromatic rings. The smallest absolute Gasteiger partial charge is 0.256 e. The normalized spacial score (nSPS) is 12.4. The lowest BCUT2D eigenvalue weighted by molar-refractivity contribution is 0.0916. The summed E-state index contributed by atoms with van der Waals surface area (Å²) in [6.07, 6.45) is 0. The van der Waals surface area contributed by atoms with Crippen molar-refractivity contribution >= 4 is 30.0 Å². The van der Waals surface area contributed by atoms with Crippen molar-refractivity contribution in [3.8, 4) is 0 Å². The SMILES string of the molecule is CC(=O)n1nc(NC(=O)c2ccccc2)c2c1CNC2.Cl. The highest BCUT2D eigenvalue weighted by Gasteiger charge is 2.25. The topological polar surface area (TPSA) is 76.0 Å². The highest BCUT2D eigenvalue weighted by molar-refractivity contribution is 6.04. The van der Waals surface area contributed by atoms with E-state index < -0.39 is 0 Å². The number of nitrogens with one attached hydrogen (secondary N) is 2. The van der Waals surface area contributed by atoms with Crippen molar-refractivity contribution in [3.63, 3.8) is 0 Å². The van der Waals surface area contributed by atoms with Crippen LogP contribution in [0, 0.1) is 0 Å². The van der Waals surface area contributed by atoms with Crippen molar-refractivity contribution in [2.45, 2.75) is 20.0 Å². The number of carbonyl (C=O) groups excluding carboxylic acids is 2. The average Bonchev–Trinajstić information content (AvgIpc) is 3.03. The second-order valence-electron chi connectivity index (χ2n) is 4.63. The predicted molar refractivity (Wildman–Crippen MR) is 80.7 cm³/mol. The summed E-state index contributed by atoms with van der Waals surface area (Å²) in [4.78, 5) is 23.7. The zero-order chi connectivity index (χ0) is 14.1. The maximum atomic E-state index is 12.1. The molecule has 0 fully saturated rings. The van der Waals surface area contributed by atoms with Gasteiger partial charge in [-0.25, -0.2) is 4.68 Å². The van der Waals surface area contributed by atoms with E-state index in [1.165, 1.54) is 11.6 Å². The maximum absolute atomic E-state index is 12.1. The zero-order valence-electron chi connectivity index (χ0n) is 11.4. The Labute approximate surface area is 127 Å². The molecule has 7 heteroatoms. The molecule has 0 aliphatic carbocycles. The van der Waals surface area contributed by atoms with Crippen molar-refractivity contribution in [1.29, 1.82) is 0 Å². The summed E-state index contributed by atoms with van der Waals surface area (Å²) in [7, 11) is 0. The van der Waals surface area contributed by atoms with Crippen LogP contribution in [0.25, 0.3) is 0 Å². The summed E-state index contributed by atoms with van der Waals surface area (Å²) >= 11 is 0. The van der Waals surface area contributed by atoms with Gasteiger partial charge in [0.25, 0.3) is 5.91 Å². The number of rotatable bonds is 2. The van der Waals surface area contributed by atoms with E-state index in [2.05, 4.69) is 15.7 Å². The van der Waals surface area contributed by atoms with Crippen LogP contribution in [0.4, 0.5) is 5.82 Å². The van der Waals surface area contributed by atoms with Crippen LogP contribution in [0.1, 0.15) is 33.3 Å². The van der Waals surface area contributed by atoms with E-state index in [1.54, 1.807) is 24.3 Å². The van der Waals surface area contributed by atoms with Crippen LogP contribution >= 0.6 is 12.4 Å². The van der Waals surface area contributed by atoms with Crippen molar-refractivity contribution in [2.75, 3.05) is 5.32 Å². The fourth-order valence-electron chi connectivity index (χ4n) is 2.29. The number of anilines is 1. The number of carbonyl (C=O) groups is 2. The van der Waals surface area contributed by atoms with Gasteiger partial charge in [0, 0.05) is 31.1 Å². The first kappa shape index (κ1) is 15.2. The molecule has 110 valence electrons. The minimum absolute atomic E-state index is 0. The van der Waals surface area contributed by atoms with Gasteiger partial charge in [0.15, 0.2) is 5.82 Å². The Balaban J connectivity index is 0.00000161. The van der Waals surface area contributed by atoms with E-state index in [1.807, 2.05) is 6.07 Å². The van der Waals surface area contributed by atoms with Crippen molar-refractivity contribution in [2.24, 2.45) is 0 Å². The number of amides is 1. The van der Waals surface area contributed by atoms with Gasteiger partial charge in [-0.15, -0.1) is 17.5 Å². The number of aromatic nitrogens is 2. The molecule has 1 aliphatic rings. The second-order valence-corrected chi connectivity index (χ2v) is 4.63. The lowest BCUT2D eigenvalue weighted by atomic mass is 10.2. The third-order valence-electron chi connectivity index (χ3n) is 3.25. The summed E-state index contributed by atoms with van der Waals surface area (Å²) in [5.41, 5.74) is 2.26. The van der Waals surface area contributed by atoms with Gasteiger partial charge in [-0.2, -0.15) is 0 Å². The van der Waals surface area contributed by atoms with Gasteiger partial charge in [0.1, 0.15) is 0 Å². The molecule has 0 spiro atoms. The first-order chi connectivity index (χ1) is 9.66. The summed E-state index contributed by atoms with van der Waals surface area (Å²) in [5.74, 6) is 0.0627. The lowest BCUT2D eigenvalue weighted by Gasteiger charge is -2.03. The van der Waals surface area contributed by atoms with Gasteiger partial charge in [0.05, 0.1) is 5.69 Å². The Morgan fingerprint density at radius 1 is 1.24 bits per heavy atom. The Hall–Kier alpha value is -2.18. The van der Waals surface area contributed by atoms with Gasteiger partial charge >= 0.3 is 0 Å². The molecule has 0 bridgehead atoms. The third kappa shape index (κ3) is 2.81. The monoisotopic (exact) mass is 306 g/mol. The number of benzene rings is 1. The molecule has 2 heterocycles. The number of hydrogen-bond donors (Lipinski definition) is 2. The molecule has 6 nitrogen and oxygen atoms in total. The molecule has 0 unspecified atom stereocenters. The molecule has 1 aromatic carbocycles. The Kier molecular flexibility index (Phi) is 4.40. The summed E-state index contributed by atoms with van der Waals surface area (Å²) in [5, 5.41) is 10.1. The van der Waals surface area contributed by atoms with Gasteiger partial charge in [-0.3, -0.25) is 9.59 Å². The molecule has 0 saturated carbocycles. The van der Waals surface area contributed by atoms with Crippen molar-refractivity contribution in [3.05, 3.63) is 47.2 Å². The van der Waals surface area contributed by atoms with Crippen LogP contribution < -0.4 is 10.6 Å². The highest BCUT2D eigenvalue weighted by atomic mass is 35.5. The predicted octanol–water partition coefficient (Wildman–Crippen LogP) is 1.82. The number of nitrogens with zero attached hydrogens (tertiary/aromatic N) is 2. The molecule has 3 rings (SSSR count). The van der Waals surface area contributed by atoms with Crippen LogP contribution in [-0.4, -0.2) is 21.6 Å². The molecule has 0 radical (unpaired) electrons. The molecule has 1 aromatic heterocycles. The molecule has 1 amide bonds. The zero-order valence-corrected chi connectivity index (χ0v) is 12.2. The number of halogens is 1. The highest BCUT2D eigenvalue weighted by Crippen LogP contribution is 2.24. The van der Waals surface area contributed by atoms with E-state index >= 15 is 0 Å². The Morgan fingerprint density at radius 3 is 2.62 bits per heavy atom. The minimum Gasteiger partial charge on any atom is -0.307 e. The number of hydrogen-bond acceptors (Lipinski definition) is 4.